The zero-order chi connectivity index (χ0) is 9.84. The van der Waals surface area contributed by atoms with Gasteiger partial charge < -0.3 is 10.2 Å². The first-order chi connectivity index (χ1) is 6.09. The Morgan fingerprint density at radius 1 is 1.46 bits per heavy atom. The third kappa shape index (κ3) is 3.35. The van der Waals surface area contributed by atoms with E-state index in [-0.39, 0.29) is 5.91 Å². The summed E-state index contributed by atoms with van der Waals surface area (Å²) in [5.41, 5.74) is 0. The standard InChI is InChI=1S/C10H20N2O/c1-8(2)10(11-9(3)13)7-12-5-4-6-12/h8,10H,4-7H2,1-3H3,(H,11,13)/t10-/m1/s1. The Balaban J connectivity index is 2.32. The lowest BCUT2D eigenvalue weighted by atomic mass is 10.0. The molecule has 76 valence electrons. The van der Waals surface area contributed by atoms with Crippen molar-refractivity contribution >= 4 is 5.91 Å². The van der Waals surface area contributed by atoms with Crippen molar-refractivity contribution < 1.29 is 4.79 Å². The van der Waals surface area contributed by atoms with E-state index in [0.29, 0.717) is 12.0 Å². The van der Waals surface area contributed by atoms with Gasteiger partial charge in [-0.3, -0.25) is 4.79 Å². The van der Waals surface area contributed by atoms with E-state index in [1.54, 1.807) is 6.92 Å². The fourth-order valence-electron chi connectivity index (χ4n) is 1.53. The van der Waals surface area contributed by atoms with Crippen molar-refractivity contribution in [3.05, 3.63) is 0 Å². The van der Waals surface area contributed by atoms with Crippen molar-refractivity contribution in [2.24, 2.45) is 5.92 Å². The highest BCUT2D eigenvalue weighted by Gasteiger charge is 2.21. The molecule has 0 spiro atoms. The van der Waals surface area contributed by atoms with Crippen molar-refractivity contribution in [3.8, 4) is 0 Å². The first kappa shape index (κ1) is 10.5. The van der Waals surface area contributed by atoms with E-state index in [1.165, 1.54) is 19.5 Å². The maximum Gasteiger partial charge on any atom is 0.217 e. The number of rotatable bonds is 4. The SMILES string of the molecule is CC(=O)N[C@H](CN1CCC1)C(C)C. The number of nitrogens with zero attached hydrogens (tertiary/aromatic N) is 1. The minimum Gasteiger partial charge on any atom is -0.352 e. The Morgan fingerprint density at radius 2 is 2.08 bits per heavy atom. The maximum absolute atomic E-state index is 10.9. The van der Waals surface area contributed by atoms with Gasteiger partial charge >= 0.3 is 0 Å². The first-order valence-corrected chi connectivity index (χ1v) is 5.09. The van der Waals surface area contributed by atoms with E-state index in [4.69, 9.17) is 0 Å². The highest BCUT2D eigenvalue weighted by molar-refractivity contribution is 5.73. The van der Waals surface area contributed by atoms with E-state index in [9.17, 15) is 4.79 Å². The molecule has 1 saturated heterocycles. The molecule has 0 aromatic carbocycles. The molecule has 3 nitrogen and oxygen atoms in total. The van der Waals surface area contributed by atoms with Crippen LogP contribution >= 0.6 is 0 Å². The van der Waals surface area contributed by atoms with Crippen molar-refractivity contribution in [3.63, 3.8) is 0 Å². The van der Waals surface area contributed by atoms with Crippen LogP contribution < -0.4 is 5.32 Å². The molecular weight excluding hydrogens is 164 g/mol. The molecule has 0 aliphatic carbocycles. The first-order valence-electron chi connectivity index (χ1n) is 5.09. The van der Waals surface area contributed by atoms with Crippen molar-refractivity contribution in [1.82, 2.24) is 10.2 Å². The summed E-state index contributed by atoms with van der Waals surface area (Å²) in [5, 5.41) is 3.00. The van der Waals surface area contributed by atoms with Crippen molar-refractivity contribution in [2.75, 3.05) is 19.6 Å². The molecule has 1 aliphatic rings. The number of carbonyl (C=O) groups is 1. The van der Waals surface area contributed by atoms with Gasteiger partial charge in [-0.1, -0.05) is 13.8 Å². The largest absolute Gasteiger partial charge is 0.352 e. The molecule has 0 unspecified atom stereocenters. The minimum atomic E-state index is 0.0826. The van der Waals surface area contributed by atoms with Gasteiger partial charge in [-0.05, 0) is 25.4 Å². The predicted molar refractivity (Wildman–Crippen MR) is 53.5 cm³/mol. The van der Waals surface area contributed by atoms with Gasteiger partial charge in [-0.2, -0.15) is 0 Å². The highest BCUT2D eigenvalue weighted by atomic mass is 16.1. The zero-order valence-electron chi connectivity index (χ0n) is 8.84. The Bertz CT molecular complexity index is 176. The van der Waals surface area contributed by atoms with Crippen LogP contribution in [-0.4, -0.2) is 36.5 Å². The van der Waals surface area contributed by atoms with E-state index >= 15 is 0 Å². The molecule has 13 heavy (non-hydrogen) atoms. The number of hydrogen-bond acceptors (Lipinski definition) is 2. The molecule has 1 atom stereocenters. The molecule has 0 saturated carbocycles. The van der Waals surface area contributed by atoms with Crippen LogP contribution in [0, 0.1) is 5.92 Å². The number of hydrogen-bond donors (Lipinski definition) is 1. The van der Waals surface area contributed by atoms with Gasteiger partial charge in [0.2, 0.25) is 5.91 Å². The van der Waals surface area contributed by atoms with E-state index in [1.807, 2.05) is 0 Å². The number of nitrogens with one attached hydrogen (secondary N) is 1. The fraction of sp³-hybridized carbons (Fsp3) is 0.900. The van der Waals surface area contributed by atoms with E-state index in [2.05, 4.69) is 24.1 Å². The lowest BCUT2D eigenvalue weighted by Gasteiger charge is -2.35. The Kier molecular flexibility index (Phi) is 3.72. The molecule has 1 fully saturated rings. The van der Waals surface area contributed by atoms with Gasteiger partial charge in [-0.25, -0.2) is 0 Å². The van der Waals surface area contributed by atoms with Crippen LogP contribution in [-0.2, 0) is 4.79 Å². The molecule has 1 aliphatic heterocycles. The van der Waals surface area contributed by atoms with Gasteiger partial charge in [0.25, 0.3) is 0 Å². The number of carbonyl (C=O) groups excluding carboxylic acids is 1. The molecule has 0 radical (unpaired) electrons. The molecule has 1 N–H and O–H groups in total. The molecule has 1 heterocycles. The zero-order valence-corrected chi connectivity index (χ0v) is 8.84. The van der Waals surface area contributed by atoms with Gasteiger partial charge in [0.1, 0.15) is 0 Å². The lowest BCUT2D eigenvalue weighted by Crippen LogP contribution is -2.50. The summed E-state index contributed by atoms with van der Waals surface area (Å²) >= 11 is 0. The Labute approximate surface area is 80.5 Å². The fourth-order valence-corrected chi connectivity index (χ4v) is 1.53. The van der Waals surface area contributed by atoms with Crippen molar-refractivity contribution in [1.29, 1.82) is 0 Å². The van der Waals surface area contributed by atoms with Crippen LogP contribution in [0.3, 0.4) is 0 Å². The highest BCUT2D eigenvalue weighted by Crippen LogP contribution is 2.10. The minimum absolute atomic E-state index is 0.0826. The molecular formula is C10H20N2O. The van der Waals surface area contributed by atoms with Crippen LogP contribution in [0.1, 0.15) is 27.2 Å². The summed E-state index contributed by atoms with van der Waals surface area (Å²) in [7, 11) is 0. The maximum atomic E-state index is 10.9. The molecule has 1 rings (SSSR count). The molecule has 0 aromatic rings. The Hall–Kier alpha value is -0.570. The molecule has 0 bridgehead atoms. The third-order valence-electron chi connectivity index (χ3n) is 2.60. The topological polar surface area (TPSA) is 32.3 Å². The summed E-state index contributed by atoms with van der Waals surface area (Å²) in [6, 6.07) is 0.317. The van der Waals surface area contributed by atoms with Crippen molar-refractivity contribution in [2.45, 2.75) is 33.2 Å². The van der Waals surface area contributed by atoms with Crippen LogP contribution in [0.2, 0.25) is 0 Å². The van der Waals surface area contributed by atoms with Crippen LogP contribution in [0.25, 0.3) is 0 Å². The average Bonchev–Trinajstić information content (AvgIpc) is 1.92. The second-order valence-corrected chi connectivity index (χ2v) is 4.21. The molecule has 0 aromatic heterocycles. The summed E-state index contributed by atoms with van der Waals surface area (Å²) in [5.74, 6) is 0.601. The van der Waals surface area contributed by atoms with E-state index in [0.717, 1.165) is 6.54 Å². The Morgan fingerprint density at radius 3 is 2.38 bits per heavy atom. The summed E-state index contributed by atoms with van der Waals surface area (Å²) in [6.45, 7) is 9.30. The van der Waals surface area contributed by atoms with Crippen LogP contribution in [0.4, 0.5) is 0 Å². The van der Waals surface area contributed by atoms with Crippen LogP contribution in [0.15, 0.2) is 0 Å². The predicted octanol–water partition coefficient (Wildman–Crippen LogP) is 0.853. The second kappa shape index (κ2) is 4.61. The quantitative estimate of drug-likeness (QED) is 0.702. The smallest absolute Gasteiger partial charge is 0.217 e. The normalized spacial score (nSPS) is 19.7. The lowest BCUT2D eigenvalue weighted by molar-refractivity contribution is -0.120. The number of amides is 1. The summed E-state index contributed by atoms with van der Waals surface area (Å²) < 4.78 is 0. The average molecular weight is 184 g/mol. The van der Waals surface area contributed by atoms with Crippen LogP contribution in [0.5, 0.6) is 0 Å². The number of likely N-dealkylation sites (tertiary alicyclic amines) is 1. The summed E-state index contributed by atoms with van der Waals surface area (Å²) in [4.78, 5) is 13.3. The van der Waals surface area contributed by atoms with Gasteiger partial charge in [0.05, 0.1) is 0 Å². The third-order valence-corrected chi connectivity index (χ3v) is 2.60. The van der Waals surface area contributed by atoms with Gasteiger partial charge in [-0.15, -0.1) is 0 Å². The second-order valence-electron chi connectivity index (χ2n) is 4.21. The van der Waals surface area contributed by atoms with Gasteiger partial charge in [0, 0.05) is 19.5 Å². The van der Waals surface area contributed by atoms with Gasteiger partial charge in [0.15, 0.2) is 0 Å². The van der Waals surface area contributed by atoms with E-state index < -0.39 is 0 Å². The molecule has 1 amide bonds. The molecule has 3 heteroatoms. The summed E-state index contributed by atoms with van der Waals surface area (Å²) in [6.07, 6.45) is 1.31. The monoisotopic (exact) mass is 184 g/mol.